The summed E-state index contributed by atoms with van der Waals surface area (Å²) in [4.78, 5) is 27.3. The quantitative estimate of drug-likeness (QED) is 0.535. The van der Waals surface area contributed by atoms with Crippen LogP contribution in [-0.4, -0.2) is 43.0 Å². The molecule has 1 heterocycles. The molecule has 0 aliphatic carbocycles. The fraction of sp³-hybridized carbons (Fsp3) is 0.350. The number of nitrogens with zero attached hydrogens (tertiary/aromatic N) is 3. The van der Waals surface area contributed by atoms with E-state index in [4.69, 9.17) is 16.3 Å². The Labute approximate surface area is 168 Å². The van der Waals surface area contributed by atoms with Crippen molar-refractivity contribution < 1.29 is 14.5 Å². The third kappa shape index (κ3) is 4.20. The number of halogens is 1. The molecular weight excluding hydrogens is 382 g/mol. The van der Waals surface area contributed by atoms with Crippen molar-refractivity contribution in [3.05, 3.63) is 62.7 Å². The van der Waals surface area contributed by atoms with E-state index in [1.165, 1.54) is 6.07 Å². The first-order chi connectivity index (χ1) is 13.4. The zero-order chi connectivity index (χ0) is 20.3. The Morgan fingerprint density at radius 3 is 2.61 bits per heavy atom. The smallest absolute Gasteiger partial charge is 0.282 e. The van der Waals surface area contributed by atoms with Crippen molar-refractivity contribution in [3.63, 3.8) is 0 Å². The van der Waals surface area contributed by atoms with Gasteiger partial charge in [-0.05, 0) is 43.2 Å². The van der Waals surface area contributed by atoms with Crippen molar-refractivity contribution >= 4 is 28.9 Å². The van der Waals surface area contributed by atoms with Crippen LogP contribution in [0.3, 0.4) is 0 Å². The summed E-state index contributed by atoms with van der Waals surface area (Å²) in [6, 6.07) is 10.0. The van der Waals surface area contributed by atoms with E-state index in [0.717, 1.165) is 18.4 Å². The Bertz CT molecular complexity index is 897. The van der Waals surface area contributed by atoms with Gasteiger partial charge in [-0.15, -0.1) is 0 Å². The average Bonchev–Trinajstić information content (AvgIpc) is 3.21. The SMILES string of the molecule is COc1ccc(Cl)cc1CN(C)c1ccc([N+](=O)[O-])c(C(=O)N2CCCC2)c1. The second-order valence-electron chi connectivity index (χ2n) is 6.77. The molecule has 1 amide bonds. The van der Waals surface area contributed by atoms with Gasteiger partial charge in [0.2, 0.25) is 0 Å². The second-order valence-corrected chi connectivity index (χ2v) is 7.21. The van der Waals surface area contributed by atoms with Crippen LogP contribution in [0.25, 0.3) is 0 Å². The number of benzene rings is 2. The molecule has 0 unspecified atom stereocenters. The van der Waals surface area contributed by atoms with Crippen LogP contribution in [0.1, 0.15) is 28.8 Å². The Morgan fingerprint density at radius 1 is 1.25 bits per heavy atom. The molecule has 1 aliphatic heterocycles. The molecule has 3 rings (SSSR count). The van der Waals surface area contributed by atoms with Crippen LogP contribution in [-0.2, 0) is 6.54 Å². The number of carbonyl (C=O) groups is 1. The highest BCUT2D eigenvalue weighted by Gasteiger charge is 2.27. The van der Waals surface area contributed by atoms with Crippen molar-refractivity contribution in [1.29, 1.82) is 0 Å². The van der Waals surface area contributed by atoms with Crippen LogP contribution in [0.5, 0.6) is 5.75 Å². The molecule has 8 heteroatoms. The first kappa shape index (κ1) is 19.9. The fourth-order valence-electron chi connectivity index (χ4n) is 3.40. The molecule has 2 aromatic rings. The number of amides is 1. The first-order valence-electron chi connectivity index (χ1n) is 9.02. The van der Waals surface area contributed by atoms with Crippen molar-refractivity contribution in [2.75, 3.05) is 32.1 Å². The van der Waals surface area contributed by atoms with Crippen LogP contribution in [0, 0.1) is 10.1 Å². The van der Waals surface area contributed by atoms with Gasteiger partial charge >= 0.3 is 0 Å². The van der Waals surface area contributed by atoms with Gasteiger partial charge in [0.15, 0.2) is 0 Å². The lowest BCUT2D eigenvalue weighted by molar-refractivity contribution is -0.385. The van der Waals surface area contributed by atoms with Gasteiger partial charge in [-0.1, -0.05) is 11.6 Å². The van der Waals surface area contributed by atoms with Crippen molar-refractivity contribution in [2.45, 2.75) is 19.4 Å². The first-order valence-corrected chi connectivity index (χ1v) is 9.39. The fourth-order valence-corrected chi connectivity index (χ4v) is 3.59. The standard InChI is InChI=1S/C20H22ClN3O4/c1-22(13-14-11-15(21)5-8-19(14)28-2)16-6-7-18(24(26)27)17(12-16)20(25)23-9-3-4-10-23/h5-8,11-12H,3-4,9-10,13H2,1-2H3. The predicted molar refractivity (Wildman–Crippen MR) is 108 cm³/mol. The highest BCUT2D eigenvalue weighted by atomic mass is 35.5. The average molecular weight is 404 g/mol. The molecule has 1 aliphatic rings. The number of carbonyl (C=O) groups excluding carboxylic acids is 1. The van der Waals surface area contributed by atoms with Crippen LogP contribution in [0.2, 0.25) is 5.02 Å². The van der Waals surface area contributed by atoms with Gasteiger partial charge in [0.25, 0.3) is 11.6 Å². The summed E-state index contributed by atoms with van der Waals surface area (Å²) in [5.41, 5.74) is 1.53. The van der Waals surface area contributed by atoms with Crippen LogP contribution >= 0.6 is 11.6 Å². The minimum Gasteiger partial charge on any atom is -0.496 e. The van der Waals surface area contributed by atoms with Gasteiger partial charge in [0, 0.05) is 49.0 Å². The highest BCUT2D eigenvalue weighted by molar-refractivity contribution is 6.30. The number of anilines is 1. The number of hydrogen-bond acceptors (Lipinski definition) is 5. The lowest BCUT2D eigenvalue weighted by atomic mass is 10.1. The van der Waals surface area contributed by atoms with Gasteiger partial charge in [-0.25, -0.2) is 0 Å². The molecule has 1 fully saturated rings. The van der Waals surface area contributed by atoms with Crippen molar-refractivity contribution in [3.8, 4) is 5.75 Å². The molecule has 0 spiro atoms. The highest BCUT2D eigenvalue weighted by Crippen LogP contribution is 2.30. The lowest BCUT2D eigenvalue weighted by Gasteiger charge is -2.22. The molecular formula is C20H22ClN3O4. The molecule has 2 aromatic carbocycles. The van der Waals surface area contributed by atoms with E-state index in [2.05, 4.69) is 0 Å². The van der Waals surface area contributed by atoms with Crippen molar-refractivity contribution in [2.24, 2.45) is 0 Å². The van der Waals surface area contributed by atoms with Crippen LogP contribution < -0.4 is 9.64 Å². The van der Waals surface area contributed by atoms with E-state index < -0.39 is 4.92 Å². The maximum absolute atomic E-state index is 12.8. The third-order valence-corrected chi connectivity index (χ3v) is 5.13. The molecule has 0 N–H and O–H groups in total. The summed E-state index contributed by atoms with van der Waals surface area (Å²) >= 11 is 6.10. The zero-order valence-electron chi connectivity index (χ0n) is 15.9. The molecule has 148 valence electrons. The van der Waals surface area contributed by atoms with Gasteiger partial charge in [-0.2, -0.15) is 0 Å². The van der Waals surface area contributed by atoms with E-state index in [1.807, 2.05) is 18.0 Å². The maximum atomic E-state index is 12.8. The molecule has 1 saturated heterocycles. The number of likely N-dealkylation sites (tertiary alicyclic amines) is 1. The summed E-state index contributed by atoms with van der Waals surface area (Å²) in [6.45, 7) is 1.74. The van der Waals surface area contributed by atoms with E-state index in [0.29, 0.717) is 36.1 Å². The molecule has 0 saturated carbocycles. The Hall–Kier alpha value is -2.80. The lowest BCUT2D eigenvalue weighted by Crippen LogP contribution is -2.28. The van der Waals surface area contributed by atoms with Crippen LogP contribution in [0.15, 0.2) is 36.4 Å². The van der Waals surface area contributed by atoms with E-state index in [1.54, 1.807) is 36.3 Å². The minimum atomic E-state index is -0.507. The molecule has 0 bridgehead atoms. The monoisotopic (exact) mass is 403 g/mol. The summed E-state index contributed by atoms with van der Waals surface area (Å²) in [5.74, 6) is 0.409. The summed E-state index contributed by atoms with van der Waals surface area (Å²) < 4.78 is 5.38. The molecule has 0 aromatic heterocycles. The molecule has 0 radical (unpaired) electrons. The third-order valence-electron chi connectivity index (χ3n) is 4.89. The predicted octanol–water partition coefficient (Wildman–Crippen LogP) is 4.13. The Morgan fingerprint density at radius 2 is 1.96 bits per heavy atom. The molecule has 7 nitrogen and oxygen atoms in total. The van der Waals surface area contributed by atoms with E-state index in [-0.39, 0.29) is 17.2 Å². The van der Waals surface area contributed by atoms with E-state index >= 15 is 0 Å². The maximum Gasteiger partial charge on any atom is 0.282 e. The number of methoxy groups -OCH3 is 1. The number of ether oxygens (including phenoxy) is 1. The van der Waals surface area contributed by atoms with Gasteiger partial charge < -0.3 is 14.5 Å². The largest absolute Gasteiger partial charge is 0.496 e. The van der Waals surface area contributed by atoms with Gasteiger partial charge in [0.05, 0.1) is 12.0 Å². The summed E-state index contributed by atoms with van der Waals surface area (Å²) in [7, 11) is 3.44. The number of rotatable bonds is 6. The van der Waals surface area contributed by atoms with Crippen molar-refractivity contribution in [1.82, 2.24) is 4.90 Å². The Kier molecular flexibility index (Phi) is 6.04. The summed E-state index contributed by atoms with van der Waals surface area (Å²) in [6.07, 6.45) is 1.85. The van der Waals surface area contributed by atoms with Gasteiger partial charge in [0.1, 0.15) is 11.3 Å². The number of nitro benzene ring substituents is 1. The van der Waals surface area contributed by atoms with Crippen LogP contribution in [0.4, 0.5) is 11.4 Å². The molecule has 28 heavy (non-hydrogen) atoms. The topological polar surface area (TPSA) is 75.9 Å². The molecule has 0 atom stereocenters. The summed E-state index contributed by atoms with van der Waals surface area (Å²) in [5, 5.41) is 12.0. The normalized spacial score (nSPS) is 13.5. The van der Waals surface area contributed by atoms with E-state index in [9.17, 15) is 14.9 Å². The second kappa shape index (κ2) is 8.48. The Balaban J connectivity index is 1.91. The number of nitro groups is 1. The van der Waals surface area contributed by atoms with Gasteiger partial charge in [-0.3, -0.25) is 14.9 Å². The minimum absolute atomic E-state index is 0.120. The zero-order valence-corrected chi connectivity index (χ0v) is 16.6. The number of hydrogen-bond donors (Lipinski definition) is 0.